The van der Waals surface area contributed by atoms with Gasteiger partial charge >= 0.3 is 0 Å². The first-order chi connectivity index (χ1) is 10.6. The fourth-order valence-corrected chi connectivity index (χ4v) is 2.51. The van der Waals surface area contributed by atoms with E-state index in [2.05, 4.69) is 35.4 Å². The van der Waals surface area contributed by atoms with E-state index in [1.807, 2.05) is 31.2 Å². The highest BCUT2D eigenvalue weighted by molar-refractivity contribution is 5.88. The van der Waals surface area contributed by atoms with Gasteiger partial charge in [-0.1, -0.05) is 13.8 Å². The molecule has 0 aliphatic heterocycles. The molecule has 114 valence electrons. The molecule has 22 heavy (non-hydrogen) atoms. The Morgan fingerprint density at radius 3 is 2.59 bits per heavy atom. The molecule has 5 heteroatoms. The van der Waals surface area contributed by atoms with E-state index in [-0.39, 0.29) is 0 Å². The van der Waals surface area contributed by atoms with Gasteiger partial charge in [0.25, 0.3) is 0 Å². The summed E-state index contributed by atoms with van der Waals surface area (Å²) >= 11 is 0. The quantitative estimate of drug-likeness (QED) is 0.759. The average molecular weight is 296 g/mol. The van der Waals surface area contributed by atoms with Crippen molar-refractivity contribution < 1.29 is 4.74 Å². The molecule has 2 aromatic heterocycles. The first-order valence-corrected chi connectivity index (χ1v) is 7.34. The third-order valence-electron chi connectivity index (χ3n) is 3.58. The van der Waals surface area contributed by atoms with Crippen LogP contribution in [0.15, 0.2) is 30.3 Å². The van der Waals surface area contributed by atoms with Crippen LogP contribution in [-0.2, 0) is 0 Å². The summed E-state index contributed by atoms with van der Waals surface area (Å²) in [5.41, 5.74) is 2.07. The van der Waals surface area contributed by atoms with Crippen LogP contribution < -0.4 is 10.1 Å². The van der Waals surface area contributed by atoms with Gasteiger partial charge in [0, 0.05) is 17.1 Å². The van der Waals surface area contributed by atoms with Crippen molar-refractivity contribution in [1.29, 1.82) is 0 Å². The SMILES string of the molecule is COc1ccc2c(C(C)C)nc(Nc3cc(C)[nH]n3)cc2c1. The second-order valence-electron chi connectivity index (χ2n) is 5.70. The van der Waals surface area contributed by atoms with Gasteiger partial charge in [-0.15, -0.1) is 0 Å². The van der Waals surface area contributed by atoms with Crippen molar-refractivity contribution >= 4 is 22.4 Å². The lowest BCUT2D eigenvalue weighted by molar-refractivity contribution is 0.415. The summed E-state index contributed by atoms with van der Waals surface area (Å²) in [5.74, 6) is 2.73. The molecular weight excluding hydrogens is 276 g/mol. The summed E-state index contributed by atoms with van der Waals surface area (Å²) in [6, 6.07) is 10.0. The Morgan fingerprint density at radius 1 is 1.14 bits per heavy atom. The fraction of sp³-hybridized carbons (Fsp3) is 0.294. The molecule has 0 amide bonds. The second-order valence-corrected chi connectivity index (χ2v) is 5.70. The summed E-state index contributed by atoms with van der Waals surface area (Å²) in [7, 11) is 1.68. The normalized spacial score (nSPS) is 11.1. The predicted molar refractivity (Wildman–Crippen MR) is 89.0 cm³/mol. The zero-order valence-electron chi connectivity index (χ0n) is 13.3. The van der Waals surface area contributed by atoms with Crippen LogP contribution in [-0.4, -0.2) is 22.3 Å². The number of methoxy groups -OCH3 is 1. The topological polar surface area (TPSA) is 62.8 Å². The zero-order valence-corrected chi connectivity index (χ0v) is 13.3. The van der Waals surface area contributed by atoms with Gasteiger partial charge in [0.1, 0.15) is 11.6 Å². The molecule has 0 radical (unpaired) electrons. The Morgan fingerprint density at radius 2 is 1.95 bits per heavy atom. The van der Waals surface area contributed by atoms with Gasteiger partial charge in [-0.05, 0) is 42.5 Å². The Labute approximate surface area is 129 Å². The number of hydrogen-bond donors (Lipinski definition) is 2. The largest absolute Gasteiger partial charge is 0.497 e. The Bertz CT molecular complexity index is 808. The molecule has 0 unspecified atom stereocenters. The van der Waals surface area contributed by atoms with Crippen LogP contribution in [0.25, 0.3) is 10.8 Å². The molecule has 3 rings (SSSR count). The number of fused-ring (bicyclic) bond motifs is 1. The lowest BCUT2D eigenvalue weighted by Gasteiger charge is -2.13. The zero-order chi connectivity index (χ0) is 15.7. The van der Waals surface area contributed by atoms with Crippen molar-refractivity contribution in [1.82, 2.24) is 15.2 Å². The minimum atomic E-state index is 0.332. The van der Waals surface area contributed by atoms with Crippen LogP contribution in [0.5, 0.6) is 5.75 Å². The van der Waals surface area contributed by atoms with Gasteiger partial charge in [0.15, 0.2) is 5.82 Å². The lowest BCUT2D eigenvalue weighted by Crippen LogP contribution is -2.00. The third-order valence-corrected chi connectivity index (χ3v) is 3.58. The molecular formula is C17H20N4O. The van der Waals surface area contributed by atoms with Crippen molar-refractivity contribution in [2.45, 2.75) is 26.7 Å². The smallest absolute Gasteiger partial charge is 0.153 e. The van der Waals surface area contributed by atoms with E-state index in [0.717, 1.165) is 39.5 Å². The Hall–Kier alpha value is -2.56. The number of hydrogen-bond acceptors (Lipinski definition) is 4. The minimum absolute atomic E-state index is 0.332. The molecule has 0 bridgehead atoms. The van der Waals surface area contributed by atoms with Gasteiger partial charge in [-0.2, -0.15) is 5.10 Å². The lowest BCUT2D eigenvalue weighted by atomic mass is 10.0. The van der Waals surface area contributed by atoms with Crippen LogP contribution in [0.1, 0.15) is 31.2 Å². The van der Waals surface area contributed by atoms with Crippen molar-refractivity contribution in [3.63, 3.8) is 0 Å². The first kappa shape index (κ1) is 14.4. The summed E-state index contributed by atoms with van der Waals surface area (Å²) in [4.78, 5) is 4.75. The van der Waals surface area contributed by atoms with Gasteiger partial charge < -0.3 is 10.1 Å². The second kappa shape index (κ2) is 5.67. The maximum absolute atomic E-state index is 5.33. The molecule has 0 atom stereocenters. The maximum Gasteiger partial charge on any atom is 0.153 e. The van der Waals surface area contributed by atoms with E-state index < -0.39 is 0 Å². The fourth-order valence-electron chi connectivity index (χ4n) is 2.51. The predicted octanol–water partition coefficient (Wildman–Crippen LogP) is 4.14. The number of ether oxygens (including phenoxy) is 1. The van der Waals surface area contributed by atoms with Crippen molar-refractivity contribution in [3.05, 3.63) is 41.7 Å². The van der Waals surface area contributed by atoms with Crippen molar-refractivity contribution in [3.8, 4) is 5.75 Å². The summed E-state index contributed by atoms with van der Waals surface area (Å²) in [6.07, 6.45) is 0. The summed E-state index contributed by atoms with van der Waals surface area (Å²) < 4.78 is 5.33. The molecule has 0 saturated heterocycles. The number of aromatic nitrogens is 3. The van der Waals surface area contributed by atoms with E-state index in [1.165, 1.54) is 0 Å². The minimum Gasteiger partial charge on any atom is -0.497 e. The number of H-pyrrole nitrogens is 1. The number of nitrogens with zero attached hydrogens (tertiary/aromatic N) is 2. The molecule has 3 aromatic rings. The number of anilines is 2. The number of aromatic amines is 1. The number of benzene rings is 1. The van der Waals surface area contributed by atoms with Gasteiger partial charge in [-0.3, -0.25) is 5.10 Å². The number of aryl methyl sites for hydroxylation is 1. The van der Waals surface area contributed by atoms with Gasteiger partial charge in [0.2, 0.25) is 0 Å². The van der Waals surface area contributed by atoms with Crippen LogP contribution in [0.2, 0.25) is 0 Å². The molecule has 0 saturated carbocycles. The molecule has 1 aromatic carbocycles. The van der Waals surface area contributed by atoms with E-state index >= 15 is 0 Å². The summed E-state index contributed by atoms with van der Waals surface area (Å²) in [5, 5.41) is 12.6. The van der Waals surface area contributed by atoms with Gasteiger partial charge in [-0.25, -0.2) is 4.98 Å². The Balaban J connectivity index is 2.09. The van der Waals surface area contributed by atoms with Crippen LogP contribution in [0, 0.1) is 6.92 Å². The average Bonchev–Trinajstić information content (AvgIpc) is 2.90. The van der Waals surface area contributed by atoms with Crippen LogP contribution in [0.4, 0.5) is 11.6 Å². The summed E-state index contributed by atoms with van der Waals surface area (Å²) in [6.45, 7) is 6.26. The van der Waals surface area contributed by atoms with Crippen molar-refractivity contribution in [2.24, 2.45) is 0 Å². The molecule has 0 aliphatic carbocycles. The highest BCUT2D eigenvalue weighted by atomic mass is 16.5. The maximum atomic E-state index is 5.33. The number of rotatable bonds is 4. The number of nitrogens with one attached hydrogen (secondary N) is 2. The highest BCUT2D eigenvalue weighted by Gasteiger charge is 2.11. The van der Waals surface area contributed by atoms with E-state index in [9.17, 15) is 0 Å². The van der Waals surface area contributed by atoms with Crippen molar-refractivity contribution in [2.75, 3.05) is 12.4 Å². The standard InChI is InChI=1S/C17H20N4O/c1-10(2)17-14-6-5-13(22-4)8-12(14)9-15(19-17)18-16-7-11(3)20-21-16/h5-10H,1-4H3,(H2,18,19,20,21). The van der Waals surface area contributed by atoms with Crippen LogP contribution >= 0.6 is 0 Å². The monoisotopic (exact) mass is 296 g/mol. The molecule has 2 N–H and O–H groups in total. The molecule has 0 spiro atoms. The highest BCUT2D eigenvalue weighted by Crippen LogP contribution is 2.30. The van der Waals surface area contributed by atoms with E-state index in [4.69, 9.17) is 9.72 Å². The Kier molecular flexibility index (Phi) is 3.71. The van der Waals surface area contributed by atoms with Crippen LogP contribution in [0.3, 0.4) is 0 Å². The van der Waals surface area contributed by atoms with Gasteiger partial charge in [0.05, 0.1) is 12.8 Å². The number of pyridine rings is 1. The molecule has 0 fully saturated rings. The van der Waals surface area contributed by atoms with E-state index in [0.29, 0.717) is 5.92 Å². The molecule has 5 nitrogen and oxygen atoms in total. The first-order valence-electron chi connectivity index (χ1n) is 7.34. The van der Waals surface area contributed by atoms with E-state index in [1.54, 1.807) is 7.11 Å². The third kappa shape index (κ3) is 2.74. The molecule has 2 heterocycles. The molecule has 0 aliphatic rings.